The van der Waals surface area contributed by atoms with Crippen LogP contribution in [-0.4, -0.2) is 50.4 Å². The maximum atomic E-state index is 13.0. The molecule has 30 heavy (non-hydrogen) atoms. The molecule has 3 aromatic rings. The van der Waals surface area contributed by atoms with Crippen molar-refractivity contribution in [1.82, 2.24) is 9.88 Å². The molecule has 8 nitrogen and oxygen atoms in total. The summed E-state index contributed by atoms with van der Waals surface area (Å²) in [5, 5.41) is 0. The number of nitrogens with zero attached hydrogens (tertiary/aromatic N) is 3. The summed E-state index contributed by atoms with van der Waals surface area (Å²) in [5.41, 5.74) is 0.301. The Morgan fingerprint density at radius 1 is 1.03 bits per heavy atom. The number of aromatic nitrogens is 1. The molecule has 156 valence electrons. The zero-order chi connectivity index (χ0) is 21.1. The summed E-state index contributed by atoms with van der Waals surface area (Å²) in [4.78, 5) is 20.4. The molecular weight excluding hydrogens is 411 g/mol. The van der Waals surface area contributed by atoms with Crippen molar-refractivity contribution in [2.45, 2.75) is 4.90 Å². The van der Waals surface area contributed by atoms with Crippen molar-refractivity contribution in [3.63, 3.8) is 0 Å². The lowest BCUT2D eigenvalue weighted by Gasteiger charge is -2.35. The van der Waals surface area contributed by atoms with E-state index in [1.165, 1.54) is 24.6 Å². The Kier molecular flexibility index (Phi) is 5.40. The van der Waals surface area contributed by atoms with Crippen LogP contribution in [0.2, 0.25) is 0 Å². The molecular formula is C20H19FN4O4S. The summed E-state index contributed by atoms with van der Waals surface area (Å²) < 4.78 is 45.4. The Hall–Kier alpha value is -3.40. The van der Waals surface area contributed by atoms with E-state index in [4.69, 9.17) is 4.42 Å². The van der Waals surface area contributed by atoms with Crippen LogP contribution in [0, 0.1) is 5.82 Å². The highest BCUT2D eigenvalue weighted by molar-refractivity contribution is 7.92. The molecule has 0 unspecified atom stereocenters. The number of benzene rings is 1. The normalized spacial score (nSPS) is 14.6. The van der Waals surface area contributed by atoms with E-state index in [-0.39, 0.29) is 10.8 Å². The van der Waals surface area contributed by atoms with E-state index in [0.717, 1.165) is 12.1 Å². The second kappa shape index (κ2) is 8.15. The predicted octanol–water partition coefficient (Wildman–Crippen LogP) is 2.58. The Morgan fingerprint density at radius 3 is 2.37 bits per heavy atom. The minimum absolute atomic E-state index is 0.0367. The average molecular weight is 430 g/mol. The van der Waals surface area contributed by atoms with E-state index in [0.29, 0.717) is 43.4 Å². The SMILES string of the molecule is O=C(c1ccco1)N1CCN(c2ccc(NS(=O)(=O)c3ccc(F)cc3)cn2)CC1. The lowest BCUT2D eigenvalue weighted by molar-refractivity contribution is 0.0714. The molecule has 0 atom stereocenters. The predicted molar refractivity (Wildman–Crippen MR) is 108 cm³/mol. The summed E-state index contributed by atoms with van der Waals surface area (Å²) in [6.07, 6.45) is 2.90. The van der Waals surface area contributed by atoms with E-state index in [9.17, 15) is 17.6 Å². The van der Waals surface area contributed by atoms with E-state index < -0.39 is 15.8 Å². The van der Waals surface area contributed by atoms with Gasteiger partial charge in [0.2, 0.25) is 0 Å². The summed E-state index contributed by atoms with van der Waals surface area (Å²) >= 11 is 0. The summed E-state index contributed by atoms with van der Waals surface area (Å²) in [7, 11) is -3.83. The average Bonchev–Trinajstić information content (AvgIpc) is 3.29. The summed E-state index contributed by atoms with van der Waals surface area (Å²) in [5.74, 6) is 0.355. The highest BCUT2D eigenvalue weighted by Crippen LogP contribution is 2.20. The van der Waals surface area contributed by atoms with E-state index in [1.807, 2.05) is 4.90 Å². The van der Waals surface area contributed by atoms with Gasteiger partial charge in [-0.05, 0) is 48.5 Å². The number of hydrogen-bond acceptors (Lipinski definition) is 6. The van der Waals surface area contributed by atoms with Gasteiger partial charge in [-0.25, -0.2) is 17.8 Å². The molecule has 10 heteroatoms. The molecule has 0 saturated carbocycles. The number of amides is 1. The van der Waals surface area contributed by atoms with Crippen molar-refractivity contribution in [3.05, 3.63) is 72.6 Å². The number of carbonyl (C=O) groups excluding carboxylic acids is 1. The van der Waals surface area contributed by atoms with Gasteiger partial charge in [0.15, 0.2) is 5.76 Å². The number of piperazine rings is 1. The molecule has 1 aliphatic rings. The molecule has 1 saturated heterocycles. The number of hydrogen-bond donors (Lipinski definition) is 1. The first kappa shape index (κ1) is 19.9. The van der Waals surface area contributed by atoms with Gasteiger partial charge in [0.1, 0.15) is 11.6 Å². The van der Waals surface area contributed by atoms with Crippen molar-refractivity contribution in [3.8, 4) is 0 Å². The van der Waals surface area contributed by atoms with Crippen LogP contribution in [-0.2, 0) is 10.0 Å². The molecule has 0 radical (unpaired) electrons. The lowest BCUT2D eigenvalue weighted by atomic mass is 10.2. The first-order valence-electron chi connectivity index (χ1n) is 9.24. The largest absolute Gasteiger partial charge is 0.459 e. The Bertz CT molecular complexity index is 1110. The van der Waals surface area contributed by atoms with E-state index in [1.54, 1.807) is 29.2 Å². The van der Waals surface area contributed by atoms with E-state index in [2.05, 4.69) is 9.71 Å². The molecule has 4 rings (SSSR count). The van der Waals surface area contributed by atoms with Crippen LogP contribution >= 0.6 is 0 Å². The van der Waals surface area contributed by atoms with Gasteiger partial charge in [-0.3, -0.25) is 9.52 Å². The van der Waals surface area contributed by atoms with Gasteiger partial charge < -0.3 is 14.2 Å². The molecule has 1 amide bonds. The fraction of sp³-hybridized carbons (Fsp3) is 0.200. The first-order valence-corrected chi connectivity index (χ1v) is 10.7. The number of carbonyl (C=O) groups is 1. The van der Waals surface area contributed by atoms with Crippen LogP contribution in [0.5, 0.6) is 0 Å². The highest BCUT2D eigenvalue weighted by Gasteiger charge is 2.24. The van der Waals surface area contributed by atoms with Crippen LogP contribution in [0.15, 0.2) is 70.3 Å². The van der Waals surface area contributed by atoms with Crippen molar-refractivity contribution >= 4 is 27.4 Å². The quantitative estimate of drug-likeness (QED) is 0.669. The molecule has 0 spiro atoms. The van der Waals surface area contributed by atoms with Crippen LogP contribution in [0.3, 0.4) is 0 Å². The van der Waals surface area contributed by atoms with Gasteiger partial charge in [0, 0.05) is 26.2 Å². The third-order valence-corrected chi connectivity index (χ3v) is 6.14. The molecule has 1 aliphatic heterocycles. The fourth-order valence-corrected chi connectivity index (χ4v) is 4.20. The molecule has 0 aliphatic carbocycles. The van der Waals surface area contributed by atoms with Gasteiger partial charge in [0.25, 0.3) is 15.9 Å². The minimum Gasteiger partial charge on any atom is -0.459 e. The van der Waals surface area contributed by atoms with Crippen molar-refractivity contribution < 1.29 is 22.0 Å². The lowest BCUT2D eigenvalue weighted by Crippen LogP contribution is -2.49. The molecule has 2 aromatic heterocycles. The molecule has 1 fully saturated rings. The number of anilines is 2. The summed E-state index contributed by atoms with van der Waals surface area (Å²) in [6.45, 7) is 2.25. The van der Waals surface area contributed by atoms with Crippen LogP contribution in [0.4, 0.5) is 15.9 Å². The first-order chi connectivity index (χ1) is 14.4. The Morgan fingerprint density at radius 2 is 1.77 bits per heavy atom. The molecule has 3 heterocycles. The number of halogens is 1. The third kappa shape index (κ3) is 4.28. The Balaban J connectivity index is 1.37. The zero-order valence-electron chi connectivity index (χ0n) is 15.9. The maximum absolute atomic E-state index is 13.0. The second-order valence-corrected chi connectivity index (χ2v) is 8.40. The van der Waals surface area contributed by atoms with Gasteiger partial charge >= 0.3 is 0 Å². The molecule has 1 N–H and O–H groups in total. The topological polar surface area (TPSA) is 95.8 Å². The fourth-order valence-electron chi connectivity index (χ4n) is 3.16. The van der Waals surface area contributed by atoms with Crippen LogP contribution < -0.4 is 9.62 Å². The summed E-state index contributed by atoms with van der Waals surface area (Å²) in [6, 6.07) is 11.2. The van der Waals surface area contributed by atoms with E-state index >= 15 is 0 Å². The second-order valence-electron chi connectivity index (χ2n) is 6.72. The van der Waals surface area contributed by atoms with Crippen LogP contribution in [0.1, 0.15) is 10.6 Å². The van der Waals surface area contributed by atoms with Crippen LogP contribution in [0.25, 0.3) is 0 Å². The van der Waals surface area contributed by atoms with Gasteiger partial charge in [-0.15, -0.1) is 0 Å². The Labute approximate surface area is 173 Å². The number of furan rings is 1. The monoisotopic (exact) mass is 430 g/mol. The highest BCUT2D eigenvalue weighted by atomic mass is 32.2. The number of pyridine rings is 1. The third-order valence-electron chi connectivity index (χ3n) is 4.75. The number of nitrogens with one attached hydrogen (secondary N) is 1. The van der Waals surface area contributed by atoms with Gasteiger partial charge in [-0.1, -0.05) is 0 Å². The smallest absolute Gasteiger partial charge is 0.289 e. The minimum atomic E-state index is -3.83. The van der Waals surface area contributed by atoms with Crippen molar-refractivity contribution in [2.24, 2.45) is 0 Å². The maximum Gasteiger partial charge on any atom is 0.289 e. The molecule has 1 aromatic carbocycles. The standard InChI is InChI=1S/C20H19FN4O4S/c21-15-3-6-17(7-4-15)30(27,28)23-16-5-8-19(22-14-16)24-9-11-25(12-10-24)20(26)18-2-1-13-29-18/h1-8,13-14,23H,9-12H2. The van der Waals surface area contributed by atoms with Crippen molar-refractivity contribution in [1.29, 1.82) is 0 Å². The molecule has 0 bridgehead atoms. The van der Waals surface area contributed by atoms with Gasteiger partial charge in [0.05, 0.1) is 23.0 Å². The zero-order valence-corrected chi connectivity index (χ0v) is 16.7. The number of rotatable bonds is 5. The van der Waals surface area contributed by atoms with Gasteiger partial charge in [-0.2, -0.15) is 0 Å². The van der Waals surface area contributed by atoms with Crippen molar-refractivity contribution in [2.75, 3.05) is 35.8 Å². The number of sulfonamides is 1.